The molecule has 4 atom stereocenters. The molecule has 0 radical (unpaired) electrons. The Hall–Kier alpha value is -0.660. The summed E-state index contributed by atoms with van der Waals surface area (Å²) < 4.78 is 11.8. The predicted molar refractivity (Wildman–Crippen MR) is 204 cm³/mol. The highest BCUT2D eigenvalue weighted by Gasteiger charge is 2.49. The van der Waals surface area contributed by atoms with Crippen LogP contribution in [0.3, 0.4) is 0 Å². The molecule has 0 aliphatic carbocycles. The molecule has 4 N–H and O–H groups in total. The standard InChI is InChI=1S/C42H84O6/c1-4-6-8-10-12-14-16-18-20-22-24-26-28-30-32-34-36-47-42(40(45)38-43,41(46)39(3)44)48-37-35-33-31-29-27-25-23-21-19-17-15-13-11-9-7-5-2/h34,36,39-41,43-46H,4-33,35,37-38H2,1-3H3. The monoisotopic (exact) mass is 685 g/mol. The smallest absolute Gasteiger partial charge is 0.266 e. The van der Waals surface area contributed by atoms with Gasteiger partial charge in [-0.3, -0.25) is 0 Å². The molecule has 6 heteroatoms. The Balaban J connectivity index is 4.15. The molecule has 0 amide bonds. The van der Waals surface area contributed by atoms with Crippen molar-refractivity contribution in [2.24, 2.45) is 0 Å². The second-order valence-electron chi connectivity index (χ2n) is 14.6. The van der Waals surface area contributed by atoms with Crippen molar-refractivity contribution >= 4 is 0 Å². The highest BCUT2D eigenvalue weighted by molar-refractivity contribution is 4.92. The number of aliphatic hydroxyl groups is 4. The van der Waals surface area contributed by atoms with E-state index >= 15 is 0 Å². The van der Waals surface area contributed by atoms with Gasteiger partial charge in [-0.2, -0.15) is 0 Å². The molecule has 0 aliphatic rings. The van der Waals surface area contributed by atoms with Crippen molar-refractivity contribution in [1.29, 1.82) is 0 Å². The van der Waals surface area contributed by atoms with Crippen molar-refractivity contribution < 1.29 is 29.9 Å². The van der Waals surface area contributed by atoms with E-state index in [0.717, 1.165) is 38.5 Å². The Morgan fingerprint density at radius 2 is 0.833 bits per heavy atom. The van der Waals surface area contributed by atoms with E-state index in [-0.39, 0.29) is 6.61 Å². The van der Waals surface area contributed by atoms with Crippen molar-refractivity contribution in [3.63, 3.8) is 0 Å². The minimum Gasteiger partial charge on any atom is -0.464 e. The van der Waals surface area contributed by atoms with Gasteiger partial charge in [0, 0.05) is 0 Å². The maximum Gasteiger partial charge on any atom is 0.266 e. The van der Waals surface area contributed by atoms with Crippen molar-refractivity contribution in [3.05, 3.63) is 12.3 Å². The van der Waals surface area contributed by atoms with E-state index in [0.29, 0.717) is 0 Å². The van der Waals surface area contributed by atoms with Crippen molar-refractivity contribution in [2.45, 2.75) is 244 Å². The summed E-state index contributed by atoms with van der Waals surface area (Å²) in [6, 6.07) is 0. The molecule has 288 valence electrons. The average molecular weight is 685 g/mol. The third kappa shape index (κ3) is 27.1. The molecule has 0 spiro atoms. The van der Waals surface area contributed by atoms with Gasteiger partial charge in [0.1, 0.15) is 12.2 Å². The van der Waals surface area contributed by atoms with Gasteiger partial charge in [-0.1, -0.05) is 194 Å². The first-order chi connectivity index (χ1) is 23.5. The van der Waals surface area contributed by atoms with Crippen LogP contribution in [0.5, 0.6) is 0 Å². The Morgan fingerprint density at radius 1 is 0.500 bits per heavy atom. The molecule has 0 fully saturated rings. The second-order valence-corrected chi connectivity index (χ2v) is 14.6. The molecule has 0 heterocycles. The minimum absolute atomic E-state index is 0.270. The molecule has 0 rings (SSSR count). The quantitative estimate of drug-likeness (QED) is 0.0292. The molecule has 0 aromatic heterocycles. The van der Waals surface area contributed by atoms with Crippen LogP contribution in [0.2, 0.25) is 0 Å². The topological polar surface area (TPSA) is 99.4 Å². The Kier molecular flexibility index (Phi) is 35.6. The van der Waals surface area contributed by atoms with Crippen LogP contribution in [0, 0.1) is 0 Å². The van der Waals surface area contributed by atoms with Gasteiger partial charge in [-0.25, -0.2) is 0 Å². The van der Waals surface area contributed by atoms with Gasteiger partial charge in [0.25, 0.3) is 5.79 Å². The number of rotatable bonds is 39. The normalized spacial score (nSPS) is 15.1. The Morgan fingerprint density at radius 3 is 1.17 bits per heavy atom. The van der Waals surface area contributed by atoms with E-state index in [9.17, 15) is 20.4 Å². The summed E-state index contributed by atoms with van der Waals surface area (Å²) in [7, 11) is 0. The lowest BCUT2D eigenvalue weighted by Crippen LogP contribution is -2.60. The minimum atomic E-state index is -1.91. The molecular formula is C42H84O6. The SMILES string of the molecule is CCCCCCCCCCCCCCCCC=COC(OCCCCCCCCCCCCCCCCCC)(C(O)CO)C(O)C(C)O. The molecule has 0 bridgehead atoms. The molecule has 6 nitrogen and oxygen atoms in total. The predicted octanol–water partition coefficient (Wildman–Crippen LogP) is 11.5. The van der Waals surface area contributed by atoms with Crippen molar-refractivity contribution in [1.82, 2.24) is 0 Å². The summed E-state index contributed by atoms with van der Waals surface area (Å²) in [4.78, 5) is 0. The highest BCUT2D eigenvalue weighted by Crippen LogP contribution is 2.27. The summed E-state index contributed by atoms with van der Waals surface area (Å²) in [5.41, 5.74) is 0. The van der Waals surface area contributed by atoms with E-state index in [1.807, 2.05) is 6.08 Å². The van der Waals surface area contributed by atoms with E-state index in [1.54, 1.807) is 0 Å². The maximum absolute atomic E-state index is 10.8. The molecule has 0 aromatic carbocycles. The zero-order valence-corrected chi connectivity index (χ0v) is 32.3. The van der Waals surface area contributed by atoms with Crippen LogP contribution in [0.25, 0.3) is 0 Å². The van der Waals surface area contributed by atoms with E-state index in [2.05, 4.69) is 13.8 Å². The van der Waals surface area contributed by atoms with Crippen molar-refractivity contribution in [3.8, 4) is 0 Å². The first-order valence-corrected chi connectivity index (χ1v) is 21.1. The third-order valence-electron chi connectivity index (χ3n) is 9.90. The fraction of sp³-hybridized carbons (Fsp3) is 0.952. The lowest BCUT2D eigenvalue weighted by molar-refractivity contribution is -0.318. The fourth-order valence-corrected chi connectivity index (χ4v) is 6.59. The second kappa shape index (κ2) is 36.1. The summed E-state index contributed by atoms with van der Waals surface area (Å²) in [6.45, 7) is 5.60. The van der Waals surface area contributed by atoms with Crippen LogP contribution in [-0.2, 0) is 9.47 Å². The van der Waals surface area contributed by atoms with Gasteiger partial charge in [0.15, 0.2) is 0 Å². The molecule has 4 unspecified atom stereocenters. The van der Waals surface area contributed by atoms with E-state index in [1.165, 1.54) is 174 Å². The Bertz CT molecular complexity index is 656. The number of allylic oxidation sites excluding steroid dienone is 1. The lowest BCUT2D eigenvalue weighted by Gasteiger charge is -2.40. The van der Waals surface area contributed by atoms with Crippen molar-refractivity contribution in [2.75, 3.05) is 13.2 Å². The number of aliphatic hydroxyl groups excluding tert-OH is 4. The first-order valence-electron chi connectivity index (χ1n) is 21.1. The van der Waals surface area contributed by atoms with Gasteiger partial charge < -0.3 is 29.9 Å². The first kappa shape index (κ1) is 47.3. The molecule has 0 saturated carbocycles. The summed E-state index contributed by atoms with van der Waals surface area (Å²) in [5.74, 6) is -1.91. The lowest BCUT2D eigenvalue weighted by atomic mass is 9.99. The van der Waals surface area contributed by atoms with Gasteiger partial charge >= 0.3 is 0 Å². The van der Waals surface area contributed by atoms with Crippen LogP contribution in [0.1, 0.15) is 220 Å². The number of hydrogen-bond acceptors (Lipinski definition) is 6. The van der Waals surface area contributed by atoms with Crippen LogP contribution in [-0.4, -0.2) is 57.7 Å². The maximum atomic E-state index is 10.8. The average Bonchev–Trinajstić information content (AvgIpc) is 3.09. The van der Waals surface area contributed by atoms with Gasteiger partial charge in [0.2, 0.25) is 0 Å². The molecule has 0 saturated heterocycles. The summed E-state index contributed by atoms with van der Waals surface area (Å²) >= 11 is 0. The molecule has 0 aromatic rings. The van der Waals surface area contributed by atoms with E-state index < -0.39 is 30.7 Å². The van der Waals surface area contributed by atoms with Crippen LogP contribution in [0.4, 0.5) is 0 Å². The van der Waals surface area contributed by atoms with E-state index in [4.69, 9.17) is 9.47 Å². The zero-order valence-electron chi connectivity index (χ0n) is 32.3. The third-order valence-corrected chi connectivity index (χ3v) is 9.90. The number of unbranched alkanes of at least 4 members (excludes halogenated alkanes) is 29. The summed E-state index contributed by atoms with van der Waals surface area (Å²) in [6.07, 6.45) is 38.9. The number of ether oxygens (including phenoxy) is 2. The number of hydrogen-bond donors (Lipinski definition) is 4. The van der Waals surface area contributed by atoms with Gasteiger partial charge in [-0.05, 0) is 32.3 Å². The molecular weight excluding hydrogens is 600 g/mol. The zero-order chi connectivity index (χ0) is 35.4. The van der Waals surface area contributed by atoms with Gasteiger partial charge in [-0.15, -0.1) is 0 Å². The van der Waals surface area contributed by atoms with Crippen LogP contribution in [0.15, 0.2) is 12.3 Å². The Labute approximate surface area is 298 Å². The summed E-state index contributed by atoms with van der Waals surface area (Å²) in [5, 5.41) is 41.4. The molecule has 48 heavy (non-hydrogen) atoms. The van der Waals surface area contributed by atoms with Crippen LogP contribution >= 0.6 is 0 Å². The highest BCUT2D eigenvalue weighted by atomic mass is 16.7. The molecule has 0 aliphatic heterocycles. The fourth-order valence-electron chi connectivity index (χ4n) is 6.59. The van der Waals surface area contributed by atoms with Crippen LogP contribution < -0.4 is 0 Å². The largest absolute Gasteiger partial charge is 0.464 e. The van der Waals surface area contributed by atoms with Gasteiger partial charge in [0.05, 0.1) is 25.6 Å².